The molecule has 7 nitrogen and oxygen atoms in total. The van der Waals surface area contributed by atoms with E-state index in [2.05, 4.69) is 20.4 Å². The van der Waals surface area contributed by atoms with E-state index in [1.807, 2.05) is 46.0 Å². The summed E-state index contributed by atoms with van der Waals surface area (Å²) in [6, 6.07) is 9.50. The number of aromatic amines is 1. The fourth-order valence-corrected chi connectivity index (χ4v) is 4.48. The normalized spacial score (nSPS) is 14.9. The summed E-state index contributed by atoms with van der Waals surface area (Å²) in [5.74, 6) is -0.0615. The second-order valence-corrected chi connectivity index (χ2v) is 8.41. The number of piperazine rings is 1. The van der Waals surface area contributed by atoms with Gasteiger partial charge in [0.1, 0.15) is 0 Å². The van der Waals surface area contributed by atoms with Crippen molar-refractivity contribution in [2.75, 3.05) is 39.3 Å². The van der Waals surface area contributed by atoms with Crippen molar-refractivity contribution in [2.45, 2.75) is 0 Å². The van der Waals surface area contributed by atoms with Gasteiger partial charge in [-0.05, 0) is 29.0 Å². The zero-order chi connectivity index (χ0) is 19.3. The fourth-order valence-electron chi connectivity index (χ4n) is 3.15. The summed E-state index contributed by atoms with van der Waals surface area (Å²) in [5.41, 5.74) is 1.33. The molecule has 1 fully saturated rings. The SMILES string of the molecule is O=C(NCCN1CCN(C(=O)c2cc(-c3cccs3)[nH]n2)CC1)c1cccs1. The lowest BCUT2D eigenvalue weighted by Gasteiger charge is -2.34. The zero-order valence-corrected chi connectivity index (χ0v) is 16.9. The molecule has 9 heteroatoms. The second kappa shape index (κ2) is 8.68. The van der Waals surface area contributed by atoms with Crippen molar-refractivity contribution in [3.05, 3.63) is 51.7 Å². The highest BCUT2D eigenvalue weighted by Gasteiger charge is 2.24. The molecule has 0 saturated carbocycles. The van der Waals surface area contributed by atoms with Crippen molar-refractivity contribution in [2.24, 2.45) is 0 Å². The molecule has 3 aromatic heterocycles. The summed E-state index contributed by atoms with van der Waals surface area (Å²) in [7, 11) is 0. The molecule has 0 atom stereocenters. The highest BCUT2D eigenvalue weighted by Crippen LogP contribution is 2.23. The van der Waals surface area contributed by atoms with Gasteiger partial charge in [-0.2, -0.15) is 5.10 Å². The minimum atomic E-state index is -0.0373. The average Bonchev–Trinajstić information content (AvgIpc) is 3.50. The van der Waals surface area contributed by atoms with Crippen molar-refractivity contribution in [3.8, 4) is 10.6 Å². The van der Waals surface area contributed by atoms with Gasteiger partial charge in [0.2, 0.25) is 0 Å². The first-order valence-corrected chi connectivity index (χ1v) is 10.9. The molecule has 4 rings (SSSR count). The lowest BCUT2D eigenvalue weighted by Crippen LogP contribution is -2.50. The molecule has 0 spiro atoms. The van der Waals surface area contributed by atoms with Crippen molar-refractivity contribution >= 4 is 34.5 Å². The van der Waals surface area contributed by atoms with Gasteiger partial charge in [0.05, 0.1) is 15.4 Å². The third-order valence-corrected chi connectivity index (χ3v) is 6.47. The lowest BCUT2D eigenvalue weighted by atomic mass is 10.2. The molecule has 0 unspecified atom stereocenters. The van der Waals surface area contributed by atoms with Crippen LogP contribution in [0.2, 0.25) is 0 Å². The molecular formula is C19H21N5O2S2. The Morgan fingerprint density at radius 3 is 2.61 bits per heavy atom. The van der Waals surface area contributed by atoms with Gasteiger partial charge in [-0.1, -0.05) is 12.1 Å². The second-order valence-electron chi connectivity index (χ2n) is 6.51. The van der Waals surface area contributed by atoms with Crippen LogP contribution < -0.4 is 5.32 Å². The molecule has 3 aromatic rings. The van der Waals surface area contributed by atoms with Crippen LogP contribution in [0.5, 0.6) is 0 Å². The third-order valence-electron chi connectivity index (χ3n) is 4.70. The molecule has 2 amide bonds. The third kappa shape index (κ3) is 4.32. The number of nitrogens with zero attached hydrogens (tertiary/aromatic N) is 3. The maximum atomic E-state index is 12.7. The van der Waals surface area contributed by atoms with E-state index < -0.39 is 0 Å². The predicted octanol–water partition coefficient (Wildman–Crippen LogP) is 2.39. The first-order valence-electron chi connectivity index (χ1n) is 9.13. The Hall–Kier alpha value is -2.49. The highest BCUT2D eigenvalue weighted by molar-refractivity contribution is 7.13. The number of rotatable bonds is 6. The maximum absolute atomic E-state index is 12.7. The molecule has 1 aliphatic rings. The van der Waals surface area contributed by atoms with Gasteiger partial charge < -0.3 is 10.2 Å². The molecule has 2 N–H and O–H groups in total. The molecule has 1 aliphatic heterocycles. The molecule has 1 saturated heterocycles. The van der Waals surface area contributed by atoms with E-state index in [4.69, 9.17) is 0 Å². The standard InChI is InChI=1S/C19H21N5O2S2/c25-18(17-4-2-12-28-17)20-5-6-23-7-9-24(10-8-23)19(26)15-13-14(21-22-15)16-3-1-11-27-16/h1-4,11-13H,5-10H2,(H,20,25)(H,21,22). The zero-order valence-electron chi connectivity index (χ0n) is 15.3. The van der Waals surface area contributed by atoms with E-state index in [0.29, 0.717) is 25.3 Å². The van der Waals surface area contributed by atoms with Crippen LogP contribution in [-0.2, 0) is 0 Å². The quantitative estimate of drug-likeness (QED) is 0.648. The Bertz CT molecular complexity index is 912. The van der Waals surface area contributed by atoms with E-state index in [-0.39, 0.29) is 11.8 Å². The molecule has 0 aromatic carbocycles. The Labute approximate surface area is 171 Å². The summed E-state index contributed by atoms with van der Waals surface area (Å²) < 4.78 is 0. The van der Waals surface area contributed by atoms with Crippen molar-refractivity contribution in [1.29, 1.82) is 0 Å². The molecule has 0 radical (unpaired) electrons. The number of nitrogens with one attached hydrogen (secondary N) is 2. The van der Waals surface area contributed by atoms with Crippen LogP contribution in [0.1, 0.15) is 20.2 Å². The van der Waals surface area contributed by atoms with Gasteiger partial charge in [0.25, 0.3) is 11.8 Å². The van der Waals surface area contributed by atoms with Gasteiger partial charge in [-0.25, -0.2) is 0 Å². The number of aromatic nitrogens is 2. The van der Waals surface area contributed by atoms with E-state index in [1.54, 1.807) is 11.3 Å². The number of H-pyrrole nitrogens is 1. The number of carbonyl (C=O) groups is 2. The smallest absolute Gasteiger partial charge is 0.274 e. The number of carbonyl (C=O) groups excluding carboxylic acids is 2. The topological polar surface area (TPSA) is 81.3 Å². The highest BCUT2D eigenvalue weighted by atomic mass is 32.1. The molecule has 0 bridgehead atoms. The predicted molar refractivity (Wildman–Crippen MR) is 111 cm³/mol. The van der Waals surface area contributed by atoms with Gasteiger partial charge >= 0.3 is 0 Å². The lowest BCUT2D eigenvalue weighted by molar-refractivity contribution is 0.0632. The van der Waals surface area contributed by atoms with Crippen LogP contribution in [-0.4, -0.2) is 71.1 Å². The fraction of sp³-hybridized carbons (Fsp3) is 0.316. The van der Waals surface area contributed by atoms with Crippen LogP contribution in [0.4, 0.5) is 0 Å². The molecule has 0 aliphatic carbocycles. The molecule has 146 valence electrons. The van der Waals surface area contributed by atoms with Crippen LogP contribution in [0, 0.1) is 0 Å². The minimum absolute atomic E-state index is 0.0242. The Balaban J connectivity index is 1.23. The minimum Gasteiger partial charge on any atom is -0.350 e. The Kier molecular flexibility index (Phi) is 5.84. The Morgan fingerprint density at radius 1 is 1.11 bits per heavy atom. The first kappa shape index (κ1) is 18.9. The summed E-state index contributed by atoms with van der Waals surface area (Å²) in [6.07, 6.45) is 0. The largest absolute Gasteiger partial charge is 0.350 e. The molecule has 28 heavy (non-hydrogen) atoms. The van der Waals surface area contributed by atoms with Crippen LogP contribution in [0.15, 0.2) is 41.1 Å². The van der Waals surface area contributed by atoms with Crippen molar-refractivity contribution < 1.29 is 9.59 Å². The number of amides is 2. The average molecular weight is 416 g/mol. The van der Waals surface area contributed by atoms with E-state index in [0.717, 1.165) is 35.1 Å². The van der Waals surface area contributed by atoms with Crippen LogP contribution >= 0.6 is 22.7 Å². The van der Waals surface area contributed by atoms with E-state index >= 15 is 0 Å². The number of hydrogen-bond donors (Lipinski definition) is 2. The molecule has 4 heterocycles. The van der Waals surface area contributed by atoms with Crippen molar-refractivity contribution in [1.82, 2.24) is 25.3 Å². The van der Waals surface area contributed by atoms with E-state index in [1.165, 1.54) is 11.3 Å². The number of hydrogen-bond acceptors (Lipinski definition) is 6. The summed E-state index contributed by atoms with van der Waals surface area (Å²) in [5, 5.41) is 14.0. The van der Waals surface area contributed by atoms with Crippen LogP contribution in [0.25, 0.3) is 10.6 Å². The van der Waals surface area contributed by atoms with E-state index in [9.17, 15) is 9.59 Å². The van der Waals surface area contributed by atoms with Gasteiger partial charge in [-0.15, -0.1) is 22.7 Å². The van der Waals surface area contributed by atoms with Crippen molar-refractivity contribution in [3.63, 3.8) is 0 Å². The summed E-state index contributed by atoms with van der Waals surface area (Å²) >= 11 is 3.06. The maximum Gasteiger partial charge on any atom is 0.274 e. The summed E-state index contributed by atoms with van der Waals surface area (Å²) in [6.45, 7) is 4.31. The monoisotopic (exact) mass is 415 g/mol. The summed E-state index contributed by atoms with van der Waals surface area (Å²) in [4.78, 5) is 30.6. The first-order chi connectivity index (χ1) is 13.7. The number of thiophene rings is 2. The Morgan fingerprint density at radius 2 is 1.89 bits per heavy atom. The van der Waals surface area contributed by atoms with Crippen LogP contribution in [0.3, 0.4) is 0 Å². The molecular weight excluding hydrogens is 394 g/mol. The van der Waals surface area contributed by atoms with Gasteiger partial charge in [0, 0.05) is 39.3 Å². The van der Waals surface area contributed by atoms with Gasteiger partial charge in [0.15, 0.2) is 5.69 Å². The van der Waals surface area contributed by atoms with Gasteiger partial charge in [-0.3, -0.25) is 19.6 Å².